The van der Waals surface area contributed by atoms with Gasteiger partial charge < -0.3 is 5.32 Å². The summed E-state index contributed by atoms with van der Waals surface area (Å²) in [7, 11) is -4.82. The van der Waals surface area contributed by atoms with Crippen LogP contribution in [0.2, 0.25) is 0 Å². The highest BCUT2D eigenvalue weighted by Crippen LogP contribution is 2.25. The monoisotopic (exact) mass is 441 g/mol. The second-order valence-corrected chi connectivity index (χ2v) is 10.6. The van der Waals surface area contributed by atoms with Gasteiger partial charge in [0.05, 0.1) is 14.7 Å². The largest absolute Gasteiger partial charge is 0.322 e. The quantitative estimate of drug-likeness (QED) is 0.532. The standard InChI is InChI=1S/C17H19N3O7S2/c1-11-5-6-14(29(26,27)19(2)3)10-16(11)18-17(21)12-7-13(20(22)23)9-15(8-12)28(4,24)25/h5-10H,1-4H3,(H,18,21). The van der Waals surface area contributed by atoms with Crippen molar-refractivity contribution in [2.24, 2.45) is 0 Å². The molecular weight excluding hydrogens is 422 g/mol. The summed E-state index contributed by atoms with van der Waals surface area (Å²) < 4.78 is 49.2. The van der Waals surface area contributed by atoms with Gasteiger partial charge in [0.2, 0.25) is 10.0 Å². The molecule has 0 fully saturated rings. The zero-order valence-electron chi connectivity index (χ0n) is 16.0. The van der Waals surface area contributed by atoms with E-state index in [4.69, 9.17) is 0 Å². The van der Waals surface area contributed by atoms with Gasteiger partial charge in [-0.05, 0) is 30.7 Å². The second kappa shape index (κ2) is 7.89. The number of nitro benzene ring substituents is 1. The lowest BCUT2D eigenvalue weighted by molar-refractivity contribution is -0.385. The average Bonchev–Trinajstić information content (AvgIpc) is 2.61. The van der Waals surface area contributed by atoms with Crippen LogP contribution in [0.1, 0.15) is 15.9 Å². The molecule has 156 valence electrons. The molecule has 0 aliphatic heterocycles. The van der Waals surface area contributed by atoms with E-state index in [1.54, 1.807) is 6.92 Å². The molecule has 0 aliphatic carbocycles. The summed E-state index contributed by atoms with van der Waals surface area (Å²) in [4.78, 5) is 22.5. The first-order valence-corrected chi connectivity index (χ1v) is 11.4. The first kappa shape index (κ1) is 22.5. The Morgan fingerprint density at radius 1 is 1.03 bits per heavy atom. The Bertz CT molecular complexity index is 1200. The number of anilines is 1. The fourth-order valence-electron chi connectivity index (χ4n) is 2.34. The minimum Gasteiger partial charge on any atom is -0.322 e. The normalized spacial score (nSPS) is 12.0. The van der Waals surface area contributed by atoms with Gasteiger partial charge in [-0.25, -0.2) is 21.1 Å². The van der Waals surface area contributed by atoms with Gasteiger partial charge in [0.15, 0.2) is 9.84 Å². The third-order valence-electron chi connectivity index (χ3n) is 4.03. The highest BCUT2D eigenvalue weighted by molar-refractivity contribution is 7.90. The SMILES string of the molecule is Cc1ccc(S(=O)(=O)N(C)C)cc1NC(=O)c1cc([N+](=O)[O-])cc(S(C)(=O)=O)c1. The highest BCUT2D eigenvalue weighted by atomic mass is 32.2. The Hall–Kier alpha value is -2.83. The number of nitrogens with one attached hydrogen (secondary N) is 1. The number of nitrogens with zero attached hydrogens (tertiary/aromatic N) is 2. The van der Waals surface area contributed by atoms with Crippen molar-refractivity contribution in [1.29, 1.82) is 0 Å². The zero-order valence-corrected chi connectivity index (χ0v) is 17.7. The van der Waals surface area contributed by atoms with Crippen molar-refractivity contribution in [2.75, 3.05) is 25.7 Å². The van der Waals surface area contributed by atoms with Crippen LogP contribution < -0.4 is 5.32 Å². The van der Waals surface area contributed by atoms with Gasteiger partial charge in [0, 0.05) is 43.7 Å². The lowest BCUT2D eigenvalue weighted by Crippen LogP contribution is -2.22. The van der Waals surface area contributed by atoms with E-state index in [1.165, 1.54) is 32.3 Å². The predicted octanol–water partition coefficient (Wildman–Crippen LogP) is 1.81. The maximum absolute atomic E-state index is 12.6. The average molecular weight is 441 g/mol. The van der Waals surface area contributed by atoms with Crippen LogP contribution in [0.4, 0.5) is 11.4 Å². The number of sulfone groups is 1. The molecule has 1 N–H and O–H groups in total. The summed E-state index contributed by atoms with van der Waals surface area (Å²) in [6, 6.07) is 6.98. The van der Waals surface area contributed by atoms with Crippen molar-refractivity contribution in [2.45, 2.75) is 16.7 Å². The number of rotatable bonds is 6. The van der Waals surface area contributed by atoms with Gasteiger partial charge in [-0.15, -0.1) is 0 Å². The first-order valence-electron chi connectivity index (χ1n) is 8.07. The van der Waals surface area contributed by atoms with Gasteiger partial charge in [-0.3, -0.25) is 14.9 Å². The zero-order chi connectivity index (χ0) is 22.1. The fourth-order valence-corrected chi connectivity index (χ4v) is 3.94. The lowest BCUT2D eigenvalue weighted by atomic mass is 10.1. The number of amides is 1. The van der Waals surface area contributed by atoms with Crippen LogP contribution >= 0.6 is 0 Å². The van der Waals surface area contributed by atoms with E-state index in [9.17, 15) is 31.7 Å². The van der Waals surface area contributed by atoms with Crippen molar-refractivity contribution in [3.05, 3.63) is 57.6 Å². The molecular formula is C17H19N3O7S2. The summed E-state index contributed by atoms with van der Waals surface area (Å²) >= 11 is 0. The van der Waals surface area contributed by atoms with Crippen molar-refractivity contribution in [3.63, 3.8) is 0 Å². The molecule has 12 heteroatoms. The topological polar surface area (TPSA) is 144 Å². The van der Waals surface area contributed by atoms with Crippen molar-refractivity contribution in [1.82, 2.24) is 4.31 Å². The van der Waals surface area contributed by atoms with Crippen molar-refractivity contribution >= 4 is 37.1 Å². The van der Waals surface area contributed by atoms with Gasteiger partial charge in [-0.1, -0.05) is 6.07 Å². The van der Waals surface area contributed by atoms with E-state index < -0.39 is 36.4 Å². The maximum atomic E-state index is 12.6. The second-order valence-electron chi connectivity index (χ2n) is 6.46. The molecule has 10 nitrogen and oxygen atoms in total. The van der Waals surface area contributed by atoms with Crippen LogP contribution in [0, 0.1) is 17.0 Å². The lowest BCUT2D eigenvalue weighted by Gasteiger charge is -2.14. The van der Waals surface area contributed by atoms with E-state index in [0.717, 1.165) is 28.8 Å². The van der Waals surface area contributed by atoms with E-state index in [0.29, 0.717) is 5.56 Å². The number of carbonyl (C=O) groups excluding carboxylic acids is 1. The van der Waals surface area contributed by atoms with Crippen LogP contribution in [-0.4, -0.2) is 52.3 Å². The Morgan fingerprint density at radius 2 is 1.66 bits per heavy atom. The summed E-state index contributed by atoms with van der Waals surface area (Å²) in [6.45, 7) is 1.64. The first-order chi connectivity index (χ1) is 13.2. The molecule has 0 unspecified atom stereocenters. The smallest absolute Gasteiger partial charge is 0.271 e. The Kier molecular flexibility index (Phi) is 6.11. The Morgan fingerprint density at radius 3 is 2.17 bits per heavy atom. The van der Waals surface area contributed by atoms with Crippen LogP contribution in [-0.2, 0) is 19.9 Å². The van der Waals surface area contributed by atoms with Gasteiger partial charge >= 0.3 is 0 Å². The summed E-state index contributed by atoms with van der Waals surface area (Å²) in [5, 5.41) is 13.6. The molecule has 0 heterocycles. The molecule has 2 aromatic carbocycles. The molecule has 0 bridgehead atoms. The number of aryl methyl sites for hydroxylation is 1. The third-order valence-corrected chi connectivity index (χ3v) is 6.93. The van der Waals surface area contributed by atoms with Crippen LogP contribution in [0.15, 0.2) is 46.2 Å². The van der Waals surface area contributed by atoms with Crippen LogP contribution in [0.3, 0.4) is 0 Å². The fraction of sp³-hybridized carbons (Fsp3) is 0.235. The molecule has 0 aliphatic rings. The summed E-state index contributed by atoms with van der Waals surface area (Å²) in [5.41, 5.74) is -0.0891. The number of hydrogen-bond donors (Lipinski definition) is 1. The molecule has 2 rings (SSSR count). The number of non-ortho nitro benzene ring substituents is 1. The molecule has 0 saturated heterocycles. The van der Waals surface area contributed by atoms with E-state index >= 15 is 0 Å². The van der Waals surface area contributed by atoms with Gasteiger partial charge in [0.1, 0.15) is 0 Å². The van der Waals surface area contributed by atoms with Crippen LogP contribution in [0.25, 0.3) is 0 Å². The predicted molar refractivity (Wildman–Crippen MR) is 106 cm³/mol. The molecule has 0 spiro atoms. The van der Waals surface area contributed by atoms with Gasteiger partial charge in [-0.2, -0.15) is 0 Å². The molecule has 0 atom stereocenters. The van der Waals surface area contributed by atoms with Gasteiger partial charge in [0.25, 0.3) is 11.6 Å². The Balaban J connectivity index is 2.50. The number of carbonyl (C=O) groups is 1. The Labute approximate surface area is 168 Å². The molecule has 0 radical (unpaired) electrons. The van der Waals surface area contributed by atoms with Crippen molar-refractivity contribution < 1.29 is 26.6 Å². The number of sulfonamides is 1. The van der Waals surface area contributed by atoms with E-state index in [1.807, 2.05) is 0 Å². The number of benzene rings is 2. The number of nitro groups is 1. The summed E-state index contributed by atoms with van der Waals surface area (Å²) in [5.74, 6) is -0.818. The minimum atomic E-state index is -3.80. The number of hydrogen-bond acceptors (Lipinski definition) is 7. The van der Waals surface area contributed by atoms with E-state index in [-0.39, 0.29) is 21.0 Å². The molecule has 0 saturated carbocycles. The summed E-state index contributed by atoms with van der Waals surface area (Å²) in [6.07, 6.45) is 0.869. The molecule has 0 aromatic heterocycles. The van der Waals surface area contributed by atoms with Crippen LogP contribution in [0.5, 0.6) is 0 Å². The van der Waals surface area contributed by atoms with Crippen molar-refractivity contribution in [3.8, 4) is 0 Å². The van der Waals surface area contributed by atoms with E-state index in [2.05, 4.69) is 5.32 Å². The highest BCUT2D eigenvalue weighted by Gasteiger charge is 2.21. The molecule has 29 heavy (non-hydrogen) atoms. The molecule has 2 aromatic rings. The third kappa shape index (κ3) is 4.96. The maximum Gasteiger partial charge on any atom is 0.271 e. The molecule has 1 amide bonds. The minimum absolute atomic E-state index is 0.0562.